The number of ether oxygens (including phenoxy) is 2. The number of likely N-dealkylation sites (tertiary alicyclic amines) is 1. The van der Waals surface area contributed by atoms with Gasteiger partial charge in [0.25, 0.3) is 0 Å². The second kappa shape index (κ2) is 6.87. The average Bonchev–Trinajstić information content (AvgIpc) is 2.97. The van der Waals surface area contributed by atoms with Crippen LogP contribution in [0.3, 0.4) is 0 Å². The van der Waals surface area contributed by atoms with Gasteiger partial charge in [0.05, 0.1) is 12.3 Å². The first-order valence-electron chi connectivity index (χ1n) is 7.02. The summed E-state index contributed by atoms with van der Waals surface area (Å²) in [6, 6.07) is 5.47. The van der Waals surface area contributed by atoms with Crippen LogP contribution in [-0.4, -0.2) is 48.2 Å². The van der Waals surface area contributed by atoms with Gasteiger partial charge in [-0.15, -0.1) is 12.4 Å². The Kier molecular flexibility index (Phi) is 5.13. The Morgan fingerprint density at radius 1 is 1.23 bits per heavy atom. The molecular formula is C15H18ClNO5. The molecule has 1 fully saturated rings. The molecule has 0 spiro atoms. The minimum atomic E-state index is -0.829. The third-order valence-corrected chi connectivity index (χ3v) is 3.85. The van der Waals surface area contributed by atoms with Crippen molar-refractivity contribution >= 4 is 24.3 Å². The number of rotatable bonds is 3. The Bertz CT molecular complexity index is 577. The molecule has 1 aromatic rings. The highest BCUT2D eigenvalue weighted by Gasteiger charge is 2.30. The molecule has 7 heteroatoms. The van der Waals surface area contributed by atoms with E-state index in [-0.39, 0.29) is 24.7 Å². The van der Waals surface area contributed by atoms with Crippen LogP contribution in [0.2, 0.25) is 0 Å². The molecular weight excluding hydrogens is 310 g/mol. The number of carboxylic acid groups (broad SMARTS) is 1. The molecule has 0 radical (unpaired) electrons. The van der Waals surface area contributed by atoms with E-state index in [2.05, 4.69) is 0 Å². The summed E-state index contributed by atoms with van der Waals surface area (Å²) in [5, 5.41) is 8.97. The molecule has 0 aliphatic carbocycles. The number of carbonyl (C=O) groups excluding carboxylic acids is 1. The third-order valence-electron chi connectivity index (χ3n) is 3.85. The van der Waals surface area contributed by atoms with Gasteiger partial charge in [-0.25, -0.2) is 0 Å². The predicted octanol–water partition coefficient (Wildman–Crippen LogP) is 1.36. The number of hydrogen-bond acceptors (Lipinski definition) is 4. The third kappa shape index (κ3) is 3.44. The van der Waals surface area contributed by atoms with Crippen molar-refractivity contribution in [2.24, 2.45) is 5.92 Å². The summed E-state index contributed by atoms with van der Waals surface area (Å²) in [5.74, 6) is 0.0511. The number of aliphatic carboxylic acids is 1. The molecule has 22 heavy (non-hydrogen) atoms. The predicted molar refractivity (Wildman–Crippen MR) is 80.7 cm³/mol. The second-order valence-corrected chi connectivity index (χ2v) is 5.32. The molecule has 0 bridgehead atoms. The molecule has 2 aliphatic heterocycles. The van der Waals surface area contributed by atoms with Crippen LogP contribution >= 0.6 is 12.4 Å². The van der Waals surface area contributed by atoms with Crippen LogP contribution in [0.4, 0.5) is 0 Å². The van der Waals surface area contributed by atoms with Gasteiger partial charge in [0.1, 0.15) is 13.2 Å². The standard InChI is InChI=1S/C15H17NO5.ClH/c17-14(16-4-3-11(9-16)15(18)19)8-10-1-2-12-13(7-10)21-6-5-20-12;/h1-2,7,11H,3-6,8-9H2,(H,18,19);1H. The first-order valence-corrected chi connectivity index (χ1v) is 7.02. The van der Waals surface area contributed by atoms with E-state index in [4.69, 9.17) is 14.6 Å². The number of carboxylic acids is 1. The van der Waals surface area contributed by atoms with E-state index in [0.717, 1.165) is 5.56 Å². The Balaban J connectivity index is 0.00000176. The van der Waals surface area contributed by atoms with Gasteiger partial charge in [0.15, 0.2) is 11.5 Å². The molecule has 0 aromatic heterocycles. The van der Waals surface area contributed by atoms with Crippen molar-refractivity contribution in [3.63, 3.8) is 0 Å². The molecule has 1 unspecified atom stereocenters. The van der Waals surface area contributed by atoms with Gasteiger partial charge in [-0.3, -0.25) is 9.59 Å². The minimum Gasteiger partial charge on any atom is -0.486 e. The quantitative estimate of drug-likeness (QED) is 0.907. The fraction of sp³-hybridized carbons (Fsp3) is 0.467. The summed E-state index contributed by atoms with van der Waals surface area (Å²) < 4.78 is 10.9. The van der Waals surface area contributed by atoms with Crippen LogP contribution in [-0.2, 0) is 16.0 Å². The lowest BCUT2D eigenvalue weighted by Crippen LogP contribution is -2.31. The van der Waals surface area contributed by atoms with Crippen molar-refractivity contribution in [3.05, 3.63) is 23.8 Å². The number of hydrogen-bond donors (Lipinski definition) is 1. The monoisotopic (exact) mass is 327 g/mol. The van der Waals surface area contributed by atoms with Gasteiger partial charge >= 0.3 is 5.97 Å². The molecule has 1 aromatic carbocycles. The number of carbonyl (C=O) groups is 2. The van der Waals surface area contributed by atoms with E-state index in [0.29, 0.717) is 44.2 Å². The Hall–Kier alpha value is -1.95. The largest absolute Gasteiger partial charge is 0.486 e. The fourth-order valence-corrected chi connectivity index (χ4v) is 2.67. The van der Waals surface area contributed by atoms with Gasteiger partial charge < -0.3 is 19.5 Å². The molecule has 120 valence electrons. The average molecular weight is 328 g/mol. The SMILES string of the molecule is Cl.O=C(O)C1CCN(C(=O)Cc2ccc3c(c2)OCCO3)C1. The van der Waals surface area contributed by atoms with Crippen molar-refractivity contribution in [1.29, 1.82) is 0 Å². The van der Waals surface area contributed by atoms with Gasteiger partial charge in [-0.1, -0.05) is 6.07 Å². The maximum absolute atomic E-state index is 12.2. The molecule has 2 aliphatic rings. The highest BCUT2D eigenvalue weighted by atomic mass is 35.5. The number of amides is 1. The van der Waals surface area contributed by atoms with Crippen LogP contribution in [0.1, 0.15) is 12.0 Å². The van der Waals surface area contributed by atoms with Gasteiger partial charge in [-0.05, 0) is 24.1 Å². The highest BCUT2D eigenvalue weighted by Crippen LogP contribution is 2.31. The van der Waals surface area contributed by atoms with Crippen molar-refractivity contribution in [1.82, 2.24) is 4.90 Å². The zero-order chi connectivity index (χ0) is 14.8. The zero-order valence-electron chi connectivity index (χ0n) is 12.0. The van der Waals surface area contributed by atoms with Crippen molar-refractivity contribution in [2.75, 3.05) is 26.3 Å². The maximum Gasteiger partial charge on any atom is 0.308 e. The van der Waals surface area contributed by atoms with Crippen molar-refractivity contribution < 1.29 is 24.2 Å². The minimum absolute atomic E-state index is 0. The Morgan fingerprint density at radius 3 is 2.64 bits per heavy atom. The molecule has 1 atom stereocenters. The van der Waals surface area contributed by atoms with E-state index in [1.54, 1.807) is 11.0 Å². The van der Waals surface area contributed by atoms with Crippen LogP contribution in [0, 0.1) is 5.92 Å². The van der Waals surface area contributed by atoms with E-state index < -0.39 is 11.9 Å². The number of benzene rings is 1. The molecule has 6 nitrogen and oxygen atoms in total. The topological polar surface area (TPSA) is 76.1 Å². The second-order valence-electron chi connectivity index (χ2n) is 5.32. The van der Waals surface area contributed by atoms with Crippen LogP contribution in [0.25, 0.3) is 0 Å². The van der Waals surface area contributed by atoms with Crippen molar-refractivity contribution in [3.8, 4) is 11.5 Å². The van der Waals surface area contributed by atoms with Gasteiger partial charge in [0.2, 0.25) is 5.91 Å². The fourth-order valence-electron chi connectivity index (χ4n) is 2.67. The first-order chi connectivity index (χ1) is 10.1. The van der Waals surface area contributed by atoms with E-state index >= 15 is 0 Å². The number of fused-ring (bicyclic) bond motifs is 1. The summed E-state index contributed by atoms with van der Waals surface area (Å²) in [6.07, 6.45) is 0.783. The summed E-state index contributed by atoms with van der Waals surface area (Å²) in [6.45, 7) is 1.87. The van der Waals surface area contributed by atoms with Crippen molar-refractivity contribution in [2.45, 2.75) is 12.8 Å². The molecule has 1 amide bonds. The number of nitrogens with zero attached hydrogens (tertiary/aromatic N) is 1. The van der Waals surface area contributed by atoms with Crippen LogP contribution in [0.15, 0.2) is 18.2 Å². The molecule has 1 saturated heterocycles. The summed E-state index contributed by atoms with van der Waals surface area (Å²) in [5.41, 5.74) is 0.850. The first kappa shape index (κ1) is 16.4. The van der Waals surface area contributed by atoms with Crippen LogP contribution in [0.5, 0.6) is 11.5 Å². The molecule has 1 N–H and O–H groups in total. The summed E-state index contributed by atoms with van der Waals surface area (Å²) in [7, 11) is 0. The Morgan fingerprint density at radius 2 is 1.95 bits per heavy atom. The van der Waals surface area contributed by atoms with Crippen LogP contribution < -0.4 is 9.47 Å². The summed E-state index contributed by atoms with van der Waals surface area (Å²) in [4.78, 5) is 24.8. The molecule has 2 heterocycles. The van der Waals surface area contributed by atoms with Gasteiger partial charge in [0, 0.05) is 13.1 Å². The normalized spacial score (nSPS) is 19.5. The zero-order valence-corrected chi connectivity index (χ0v) is 12.8. The maximum atomic E-state index is 12.2. The van der Waals surface area contributed by atoms with Gasteiger partial charge in [-0.2, -0.15) is 0 Å². The highest BCUT2D eigenvalue weighted by molar-refractivity contribution is 5.85. The Labute approximate surface area is 134 Å². The van der Waals surface area contributed by atoms with E-state index in [1.807, 2.05) is 12.1 Å². The lowest BCUT2D eigenvalue weighted by atomic mass is 10.1. The summed E-state index contributed by atoms with van der Waals surface area (Å²) >= 11 is 0. The molecule has 3 rings (SSSR count). The van der Waals surface area contributed by atoms with E-state index in [1.165, 1.54) is 0 Å². The number of halogens is 1. The smallest absolute Gasteiger partial charge is 0.308 e. The van der Waals surface area contributed by atoms with E-state index in [9.17, 15) is 9.59 Å². The molecule has 0 saturated carbocycles. The lowest BCUT2D eigenvalue weighted by molar-refractivity contribution is -0.141. The lowest BCUT2D eigenvalue weighted by Gasteiger charge is -2.20.